The molecular weight excluding hydrogens is 234 g/mol. The molecule has 0 radical (unpaired) electrons. The van der Waals surface area contributed by atoms with Crippen LogP contribution in [0.5, 0.6) is 0 Å². The topological polar surface area (TPSA) is 29.3 Å². The number of nitrogens with zero attached hydrogens (tertiary/aromatic N) is 1. The molecule has 0 heterocycles. The molecule has 1 atom stereocenters. The van der Waals surface area contributed by atoms with Crippen LogP contribution in [0.15, 0.2) is 18.2 Å². The minimum absolute atomic E-state index is 0.213. The van der Waals surface area contributed by atoms with Crippen molar-refractivity contribution in [2.45, 2.75) is 33.7 Å². The molecule has 0 fully saturated rings. The SMILES string of the molecule is CC(N)c1cccc(F)c1F.CCN(CC)CC. The van der Waals surface area contributed by atoms with E-state index in [-0.39, 0.29) is 5.56 Å². The lowest BCUT2D eigenvalue weighted by Gasteiger charge is -2.13. The maximum Gasteiger partial charge on any atom is 0.163 e. The first-order valence-corrected chi connectivity index (χ1v) is 6.39. The average molecular weight is 258 g/mol. The van der Waals surface area contributed by atoms with Crippen molar-refractivity contribution in [3.05, 3.63) is 35.4 Å². The van der Waals surface area contributed by atoms with Crippen LogP contribution >= 0.6 is 0 Å². The molecule has 0 bridgehead atoms. The van der Waals surface area contributed by atoms with E-state index in [1.54, 1.807) is 6.92 Å². The third kappa shape index (κ3) is 5.56. The van der Waals surface area contributed by atoms with Crippen molar-refractivity contribution >= 4 is 0 Å². The highest BCUT2D eigenvalue weighted by molar-refractivity contribution is 5.21. The Morgan fingerprint density at radius 3 is 1.89 bits per heavy atom. The Bertz CT molecular complexity index is 331. The van der Waals surface area contributed by atoms with Gasteiger partial charge < -0.3 is 10.6 Å². The lowest BCUT2D eigenvalue weighted by molar-refractivity contribution is 0.321. The molecule has 0 aliphatic heterocycles. The summed E-state index contributed by atoms with van der Waals surface area (Å²) in [6.07, 6.45) is 0. The van der Waals surface area contributed by atoms with Gasteiger partial charge in [-0.05, 0) is 32.6 Å². The molecule has 0 aliphatic rings. The van der Waals surface area contributed by atoms with Gasteiger partial charge in [0.05, 0.1) is 0 Å². The molecule has 18 heavy (non-hydrogen) atoms. The average Bonchev–Trinajstić information content (AvgIpc) is 2.35. The van der Waals surface area contributed by atoms with E-state index in [0.29, 0.717) is 0 Å². The van der Waals surface area contributed by atoms with Crippen molar-refractivity contribution in [2.75, 3.05) is 19.6 Å². The van der Waals surface area contributed by atoms with Gasteiger partial charge >= 0.3 is 0 Å². The molecule has 0 aromatic heterocycles. The summed E-state index contributed by atoms with van der Waals surface area (Å²) in [5.74, 6) is -1.69. The number of halogens is 2. The Hall–Kier alpha value is -1.00. The fraction of sp³-hybridized carbons (Fsp3) is 0.571. The van der Waals surface area contributed by atoms with Crippen LogP contribution in [0.4, 0.5) is 8.78 Å². The van der Waals surface area contributed by atoms with Crippen LogP contribution in [-0.4, -0.2) is 24.5 Å². The second kappa shape index (κ2) is 9.00. The Morgan fingerprint density at radius 2 is 1.61 bits per heavy atom. The van der Waals surface area contributed by atoms with Crippen molar-refractivity contribution in [3.8, 4) is 0 Å². The molecule has 104 valence electrons. The number of benzene rings is 1. The molecule has 0 amide bonds. The summed E-state index contributed by atoms with van der Waals surface area (Å²) in [7, 11) is 0. The minimum atomic E-state index is -0.847. The minimum Gasteiger partial charge on any atom is -0.324 e. The summed E-state index contributed by atoms with van der Waals surface area (Å²) in [4.78, 5) is 2.38. The Balaban J connectivity index is 0.000000360. The largest absolute Gasteiger partial charge is 0.324 e. The highest BCUT2D eigenvalue weighted by Gasteiger charge is 2.09. The lowest BCUT2D eigenvalue weighted by atomic mass is 10.1. The van der Waals surface area contributed by atoms with Gasteiger partial charge in [-0.25, -0.2) is 8.78 Å². The molecule has 4 heteroatoms. The highest BCUT2D eigenvalue weighted by Crippen LogP contribution is 2.16. The van der Waals surface area contributed by atoms with Crippen molar-refractivity contribution < 1.29 is 8.78 Å². The second-order valence-electron chi connectivity index (χ2n) is 4.05. The van der Waals surface area contributed by atoms with Crippen LogP contribution in [0.25, 0.3) is 0 Å². The van der Waals surface area contributed by atoms with Crippen LogP contribution < -0.4 is 5.73 Å². The number of nitrogens with two attached hydrogens (primary N) is 1. The predicted octanol–water partition coefficient (Wildman–Crippen LogP) is 3.33. The fourth-order valence-electron chi connectivity index (χ4n) is 1.54. The zero-order valence-corrected chi connectivity index (χ0v) is 11.7. The van der Waals surface area contributed by atoms with E-state index in [1.165, 1.54) is 31.8 Å². The summed E-state index contributed by atoms with van der Waals surface area (Å²) in [6, 6.07) is 3.52. The normalized spacial score (nSPS) is 12.0. The van der Waals surface area contributed by atoms with E-state index < -0.39 is 17.7 Å². The van der Waals surface area contributed by atoms with Gasteiger partial charge in [0.1, 0.15) is 0 Å². The molecule has 1 rings (SSSR count). The summed E-state index contributed by atoms with van der Waals surface area (Å²) in [6.45, 7) is 11.7. The molecule has 0 spiro atoms. The molecule has 0 saturated carbocycles. The van der Waals surface area contributed by atoms with Crippen LogP contribution in [-0.2, 0) is 0 Å². The Labute approximate surface area is 109 Å². The third-order valence-electron chi connectivity index (χ3n) is 2.81. The number of hydrogen-bond donors (Lipinski definition) is 1. The first kappa shape index (κ1) is 17.0. The van der Waals surface area contributed by atoms with E-state index >= 15 is 0 Å². The van der Waals surface area contributed by atoms with Crippen LogP contribution in [0.3, 0.4) is 0 Å². The molecule has 0 aliphatic carbocycles. The van der Waals surface area contributed by atoms with Gasteiger partial charge in [0.15, 0.2) is 11.6 Å². The van der Waals surface area contributed by atoms with Crippen molar-refractivity contribution in [1.29, 1.82) is 0 Å². The first-order chi connectivity index (χ1) is 8.47. The van der Waals surface area contributed by atoms with Gasteiger partial charge in [-0.1, -0.05) is 32.9 Å². The molecule has 2 nitrogen and oxygen atoms in total. The van der Waals surface area contributed by atoms with Crippen molar-refractivity contribution in [1.82, 2.24) is 4.90 Å². The smallest absolute Gasteiger partial charge is 0.163 e. The summed E-state index contributed by atoms with van der Waals surface area (Å²) >= 11 is 0. The van der Waals surface area contributed by atoms with Crippen LogP contribution in [0.1, 0.15) is 39.3 Å². The van der Waals surface area contributed by atoms with Gasteiger partial charge in [-0.15, -0.1) is 0 Å². The highest BCUT2D eigenvalue weighted by atomic mass is 19.2. The first-order valence-electron chi connectivity index (χ1n) is 6.39. The van der Waals surface area contributed by atoms with E-state index in [0.717, 1.165) is 6.07 Å². The van der Waals surface area contributed by atoms with Gasteiger partial charge in [0.2, 0.25) is 0 Å². The summed E-state index contributed by atoms with van der Waals surface area (Å²) < 4.78 is 25.3. The lowest BCUT2D eigenvalue weighted by Crippen LogP contribution is -2.21. The van der Waals surface area contributed by atoms with Gasteiger partial charge in [-0.2, -0.15) is 0 Å². The quantitative estimate of drug-likeness (QED) is 0.897. The summed E-state index contributed by atoms with van der Waals surface area (Å²) in [5.41, 5.74) is 5.59. The van der Waals surface area contributed by atoms with E-state index in [1.807, 2.05) is 0 Å². The van der Waals surface area contributed by atoms with Crippen LogP contribution in [0.2, 0.25) is 0 Å². The molecular formula is C14H24F2N2. The van der Waals surface area contributed by atoms with Gasteiger partial charge in [0, 0.05) is 11.6 Å². The number of hydrogen-bond acceptors (Lipinski definition) is 2. The van der Waals surface area contributed by atoms with Crippen molar-refractivity contribution in [2.24, 2.45) is 5.73 Å². The maximum atomic E-state index is 12.8. The van der Waals surface area contributed by atoms with Gasteiger partial charge in [-0.3, -0.25) is 0 Å². The third-order valence-corrected chi connectivity index (χ3v) is 2.81. The van der Waals surface area contributed by atoms with Crippen molar-refractivity contribution in [3.63, 3.8) is 0 Å². The number of rotatable bonds is 4. The predicted molar refractivity (Wildman–Crippen MR) is 72.4 cm³/mol. The second-order valence-corrected chi connectivity index (χ2v) is 4.05. The Morgan fingerprint density at radius 1 is 1.11 bits per heavy atom. The standard InChI is InChI=1S/C8H9F2N.C6H15N/c1-5(11)6-3-2-4-7(9)8(6)10;1-4-7(5-2)6-3/h2-5H,11H2,1H3;4-6H2,1-3H3. The zero-order valence-electron chi connectivity index (χ0n) is 11.7. The zero-order chi connectivity index (χ0) is 14.1. The van der Waals surface area contributed by atoms with Crippen LogP contribution in [0, 0.1) is 11.6 Å². The van der Waals surface area contributed by atoms with E-state index in [9.17, 15) is 8.78 Å². The van der Waals surface area contributed by atoms with E-state index in [2.05, 4.69) is 25.7 Å². The molecule has 2 N–H and O–H groups in total. The molecule has 1 unspecified atom stereocenters. The monoisotopic (exact) mass is 258 g/mol. The molecule has 1 aromatic carbocycles. The molecule has 0 saturated heterocycles. The maximum absolute atomic E-state index is 12.8. The fourth-order valence-corrected chi connectivity index (χ4v) is 1.54. The Kier molecular flexibility index (Phi) is 8.50. The van der Waals surface area contributed by atoms with Gasteiger partial charge in [0.25, 0.3) is 0 Å². The molecule has 1 aromatic rings. The summed E-state index contributed by atoms with van der Waals surface area (Å²) in [5, 5.41) is 0. The van der Waals surface area contributed by atoms with E-state index in [4.69, 9.17) is 5.73 Å².